The summed E-state index contributed by atoms with van der Waals surface area (Å²) in [7, 11) is -3.55. The van der Waals surface area contributed by atoms with Crippen LogP contribution in [0.4, 0.5) is 0 Å². The Hall–Kier alpha value is 0.670. The Morgan fingerprint density at radius 3 is 2.47 bits per heavy atom. The molecule has 0 aliphatic heterocycles. The van der Waals surface area contributed by atoms with Crippen molar-refractivity contribution in [1.29, 1.82) is 0 Å². The fraction of sp³-hybridized carbons (Fsp3) is 0.636. The highest BCUT2D eigenvalue weighted by Gasteiger charge is 2.24. The van der Waals surface area contributed by atoms with Gasteiger partial charge in [0.25, 0.3) is 0 Å². The van der Waals surface area contributed by atoms with Gasteiger partial charge in [-0.1, -0.05) is 39.1 Å². The lowest BCUT2D eigenvalue weighted by atomic mass is 9.89. The molecule has 1 aromatic rings. The molecule has 19 heavy (non-hydrogen) atoms. The second kappa shape index (κ2) is 6.62. The molecule has 3 nitrogen and oxygen atoms in total. The maximum absolute atomic E-state index is 12.1. The summed E-state index contributed by atoms with van der Waals surface area (Å²) in [5, 5.41) is 0. The number of hydrogen-bond donors (Lipinski definition) is 1. The first-order valence-electron chi connectivity index (χ1n) is 5.97. The molecule has 0 amide bonds. The summed E-state index contributed by atoms with van der Waals surface area (Å²) in [5.74, 6) is 0.399. The van der Waals surface area contributed by atoms with Crippen LogP contribution < -0.4 is 4.72 Å². The standard InChI is InChI=1S/C11H14BrCl2NO2S2/c12-8-3-1-7(2-4-8)6-15-19(16,17)9-5-10(13)18-11(9)14/h5,7-8,15H,1-4,6H2. The number of thiophene rings is 1. The van der Waals surface area contributed by atoms with Crippen LogP contribution in [0.25, 0.3) is 0 Å². The number of nitrogens with one attached hydrogen (secondary N) is 1. The summed E-state index contributed by atoms with van der Waals surface area (Å²) >= 11 is 16.3. The summed E-state index contributed by atoms with van der Waals surface area (Å²) in [4.78, 5) is 0.656. The zero-order valence-electron chi connectivity index (χ0n) is 10.0. The summed E-state index contributed by atoms with van der Waals surface area (Å²) in [6.45, 7) is 0.464. The average molecular weight is 407 g/mol. The highest BCUT2D eigenvalue weighted by molar-refractivity contribution is 9.09. The first kappa shape index (κ1) is 16.0. The van der Waals surface area contributed by atoms with Crippen LogP contribution in [0, 0.1) is 5.92 Å². The van der Waals surface area contributed by atoms with Crippen molar-refractivity contribution in [3.05, 3.63) is 14.7 Å². The normalized spacial score (nSPS) is 24.6. The van der Waals surface area contributed by atoms with Gasteiger partial charge in [0.1, 0.15) is 9.23 Å². The monoisotopic (exact) mass is 405 g/mol. The van der Waals surface area contributed by atoms with Crippen LogP contribution in [-0.2, 0) is 10.0 Å². The number of sulfonamides is 1. The van der Waals surface area contributed by atoms with Crippen LogP contribution in [-0.4, -0.2) is 19.8 Å². The van der Waals surface area contributed by atoms with Gasteiger partial charge in [-0.25, -0.2) is 13.1 Å². The fourth-order valence-electron chi connectivity index (χ4n) is 2.14. The van der Waals surface area contributed by atoms with Gasteiger partial charge in [-0.15, -0.1) is 11.3 Å². The van der Waals surface area contributed by atoms with Gasteiger partial charge in [0.05, 0.1) is 4.34 Å². The third kappa shape index (κ3) is 4.32. The molecular weight excluding hydrogens is 393 g/mol. The molecule has 1 aliphatic rings. The van der Waals surface area contributed by atoms with Gasteiger partial charge in [0.15, 0.2) is 0 Å². The molecule has 8 heteroatoms. The highest BCUT2D eigenvalue weighted by Crippen LogP contribution is 2.34. The zero-order chi connectivity index (χ0) is 14.0. The number of hydrogen-bond acceptors (Lipinski definition) is 3. The quantitative estimate of drug-likeness (QED) is 0.758. The maximum Gasteiger partial charge on any atom is 0.242 e. The molecule has 1 aromatic heterocycles. The lowest BCUT2D eigenvalue weighted by Gasteiger charge is -2.25. The van der Waals surface area contributed by atoms with Crippen molar-refractivity contribution in [1.82, 2.24) is 4.72 Å². The van der Waals surface area contributed by atoms with E-state index >= 15 is 0 Å². The molecule has 0 bridgehead atoms. The molecular formula is C11H14BrCl2NO2S2. The summed E-state index contributed by atoms with van der Waals surface area (Å²) in [5.41, 5.74) is 0. The minimum absolute atomic E-state index is 0.0818. The molecule has 1 heterocycles. The highest BCUT2D eigenvalue weighted by atomic mass is 79.9. The van der Waals surface area contributed by atoms with Gasteiger partial charge in [-0.05, 0) is 37.7 Å². The van der Waals surface area contributed by atoms with Gasteiger partial charge in [-0.3, -0.25) is 0 Å². The smallest absolute Gasteiger partial charge is 0.211 e. The molecule has 0 unspecified atom stereocenters. The van der Waals surface area contributed by atoms with E-state index < -0.39 is 10.0 Å². The zero-order valence-corrected chi connectivity index (χ0v) is 14.8. The molecule has 0 aromatic carbocycles. The van der Waals surface area contributed by atoms with Gasteiger partial charge in [0.2, 0.25) is 10.0 Å². The third-order valence-corrected chi connectivity index (χ3v) is 7.35. The number of rotatable bonds is 4. The second-order valence-corrected chi connectivity index (χ2v) is 9.97. The first-order valence-corrected chi connectivity index (χ1v) is 9.94. The van der Waals surface area contributed by atoms with Crippen LogP contribution in [0.2, 0.25) is 8.67 Å². The molecule has 0 atom stereocenters. The molecule has 1 saturated carbocycles. The van der Waals surface area contributed by atoms with E-state index in [9.17, 15) is 8.42 Å². The predicted molar refractivity (Wildman–Crippen MR) is 84.2 cm³/mol. The van der Waals surface area contributed by atoms with E-state index in [1.807, 2.05) is 0 Å². The van der Waals surface area contributed by atoms with Crippen molar-refractivity contribution >= 4 is 60.5 Å². The number of halogens is 3. The average Bonchev–Trinajstić information content (AvgIpc) is 2.69. The van der Waals surface area contributed by atoms with Crippen molar-refractivity contribution in [3.63, 3.8) is 0 Å². The Balaban J connectivity index is 1.96. The largest absolute Gasteiger partial charge is 0.242 e. The van der Waals surface area contributed by atoms with E-state index in [1.54, 1.807) is 0 Å². The summed E-state index contributed by atoms with van der Waals surface area (Å²) in [6, 6.07) is 1.40. The van der Waals surface area contributed by atoms with Crippen LogP contribution >= 0.6 is 50.5 Å². The number of alkyl halides is 1. The molecule has 0 spiro atoms. The van der Waals surface area contributed by atoms with Crippen LogP contribution in [0.1, 0.15) is 25.7 Å². The van der Waals surface area contributed by atoms with E-state index in [0.29, 0.717) is 21.6 Å². The second-order valence-electron chi connectivity index (χ2n) is 4.66. The lowest BCUT2D eigenvalue weighted by Crippen LogP contribution is -2.31. The summed E-state index contributed by atoms with van der Waals surface area (Å²) in [6.07, 6.45) is 4.27. The van der Waals surface area contributed by atoms with Crippen LogP contribution in [0.15, 0.2) is 11.0 Å². The van der Waals surface area contributed by atoms with Gasteiger partial charge < -0.3 is 0 Å². The van der Waals surface area contributed by atoms with E-state index in [1.165, 1.54) is 6.07 Å². The van der Waals surface area contributed by atoms with Crippen molar-refractivity contribution in [3.8, 4) is 0 Å². The minimum atomic E-state index is -3.55. The third-order valence-electron chi connectivity index (χ3n) is 3.25. The SMILES string of the molecule is O=S(=O)(NCC1CCC(Br)CC1)c1cc(Cl)sc1Cl. The van der Waals surface area contributed by atoms with Gasteiger partial charge in [0, 0.05) is 11.4 Å². The maximum atomic E-state index is 12.1. The molecule has 1 N–H and O–H groups in total. The van der Waals surface area contributed by atoms with E-state index in [2.05, 4.69) is 20.7 Å². The first-order chi connectivity index (χ1) is 8.88. The predicted octanol–water partition coefficient (Wildman–Crippen LogP) is 4.29. The molecule has 2 rings (SSSR count). The Labute approximate surface area is 135 Å². The van der Waals surface area contributed by atoms with E-state index in [-0.39, 0.29) is 9.23 Å². The molecule has 0 saturated heterocycles. The van der Waals surface area contributed by atoms with E-state index in [0.717, 1.165) is 37.0 Å². The van der Waals surface area contributed by atoms with Crippen molar-refractivity contribution in [2.45, 2.75) is 35.4 Å². The van der Waals surface area contributed by atoms with Crippen LogP contribution in [0.5, 0.6) is 0 Å². The van der Waals surface area contributed by atoms with Crippen molar-refractivity contribution in [2.75, 3.05) is 6.54 Å². The minimum Gasteiger partial charge on any atom is -0.211 e. The molecule has 108 valence electrons. The van der Waals surface area contributed by atoms with E-state index in [4.69, 9.17) is 23.2 Å². The van der Waals surface area contributed by atoms with Gasteiger partial charge >= 0.3 is 0 Å². The van der Waals surface area contributed by atoms with Gasteiger partial charge in [-0.2, -0.15) is 0 Å². The van der Waals surface area contributed by atoms with Crippen molar-refractivity contribution in [2.24, 2.45) is 5.92 Å². The molecule has 0 radical (unpaired) electrons. The topological polar surface area (TPSA) is 46.2 Å². The fourth-order valence-corrected chi connectivity index (χ4v) is 5.93. The lowest BCUT2D eigenvalue weighted by molar-refractivity contribution is 0.366. The Kier molecular flexibility index (Phi) is 5.59. The molecule has 1 fully saturated rings. The molecule has 1 aliphatic carbocycles. The van der Waals surface area contributed by atoms with Crippen LogP contribution in [0.3, 0.4) is 0 Å². The van der Waals surface area contributed by atoms with Crippen molar-refractivity contribution < 1.29 is 8.42 Å². The Bertz CT molecular complexity index is 539. The summed E-state index contributed by atoms with van der Waals surface area (Å²) < 4.78 is 27.5. The Morgan fingerprint density at radius 1 is 1.32 bits per heavy atom. The Morgan fingerprint density at radius 2 is 1.95 bits per heavy atom.